The quantitative estimate of drug-likeness (QED) is 0.899. The van der Waals surface area contributed by atoms with Crippen LogP contribution in [0.4, 0.5) is 0 Å². The van der Waals surface area contributed by atoms with Crippen molar-refractivity contribution >= 4 is 27.3 Å². The van der Waals surface area contributed by atoms with Gasteiger partial charge in [-0.05, 0) is 65.7 Å². The molecule has 0 saturated heterocycles. The molecule has 0 spiro atoms. The molecule has 2 rings (SSSR count). The Morgan fingerprint density at radius 2 is 2.00 bits per heavy atom. The minimum Gasteiger partial charge on any atom is -0.330 e. The third kappa shape index (κ3) is 3.05. The number of hydrogen-bond acceptors (Lipinski definition) is 2. The zero-order valence-corrected chi connectivity index (χ0v) is 11.3. The Morgan fingerprint density at radius 3 is 2.60 bits per heavy atom. The highest BCUT2D eigenvalue weighted by Gasteiger charge is 2.24. The predicted octanol–water partition coefficient (Wildman–Crippen LogP) is 3.82. The summed E-state index contributed by atoms with van der Waals surface area (Å²) in [5.41, 5.74) is 5.85. The van der Waals surface area contributed by atoms with Crippen LogP contribution in [0.5, 0.6) is 0 Å². The summed E-state index contributed by atoms with van der Waals surface area (Å²) in [4.78, 5) is 1.51. The molecule has 0 aromatic carbocycles. The Balaban J connectivity index is 1.97. The summed E-state index contributed by atoms with van der Waals surface area (Å²) in [5.74, 6) is 1.59. The molecule has 1 aliphatic carbocycles. The SMILES string of the molecule is NCC1CCCCC1Cc1ccc(Br)s1. The highest BCUT2D eigenvalue weighted by molar-refractivity contribution is 9.11. The first-order valence-corrected chi connectivity index (χ1v) is 7.35. The van der Waals surface area contributed by atoms with Gasteiger partial charge in [-0.15, -0.1) is 11.3 Å². The van der Waals surface area contributed by atoms with E-state index in [1.165, 1.54) is 40.8 Å². The van der Waals surface area contributed by atoms with Gasteiger partial charge >= 0.3 is 0 Å². The Morgan fingerprint density at radius 1 is 1.27 bits per heavy atom. The Labute approximate surface area is 104 Å². The van der Waals surface area contributed by atoms with E-state index in [9.17, 15) is 0 Å². The van der Waals surface area contributed by atoms with E-state index in [4.69, 9.17) is 5.73 Å². The van der Waals surface area contributed by atoms with Gasteiger partial charge < -0.3 is 5.73 Å². The molecular formula is C12H18BrNS. The first-order chi connectivity index (χ1) is 7.29. The highest BCUT2D eigenvalue weighted by atomic mass is 79.9. The molecule has 2 atom stereocenters. The molecule has 0 radical (unpaired) electrons. The molecule has 1 nitrogen and oxygen atoms in total. The van der Waals surface area contributed by atoms with E-state index in [1.807, 2.05) is 11.3 Å². The Bertz CT molecular complexity index is 310. The minimum atomic E-state index is 0.764. The van der Waals surface area contributed by atoms with E-state index < -0.39 is 0 Å². The van der Waals surface area contributed by atoms with Crippen LogP contribution in [0.2, 0.25) is 0 Å². The predicted molar refractivity (Wildman–Crippen MR) is 70.2 cm³/mol. The van der Waals surface area contributed by atoms with E-state index in [2.05, 4.69) is 28.1 Å². The van der Waals surface area contributed by atoms with Gasteiger partial charge in [0, 0.05) is 4.88 Å². The fourth-order valence-corrected chi connectivity index (χ4v) is 4.16. The summed E-state index contributed by atoms with van der Waals surface area (Å²) in [6.45, 7) is 0.872. The van der Waals surface area contributed by atoms with Crippen molar-refractivity contribution in [3.8, 4) is 0 Å². The number of rotatable bonds is 3. The zero-order valence-electron chi connectivity index (χ0n) is 8.92. The van der Waals surface area contributed by atoms with Crippen LogP contribution in [0, 0.1) is 11.8 Å². The molecular weight excluding hydrogens is 270 g/mol. The van der Waals surface area contributed by atoms with Crippen LogP contribution < -0.4 is 5.73 Å². The van der Waals surface area contributed by atoms with Crippen LogP contribution in [0.3, 0.4) is 0 Å². The smallest absolute Gasteiger partial charge is 0.0701 e. The maximum absolute atomic E-state index is 5.85. The van der Waals surface area contributed by atoms with Crippen LogP contribution in [-0.4, -0.2) is 6.54 Å². The highest BCUT2D eigenvalue weighted by Crippen LogP contribution is 2.34. The van der Waals surface area contributed by atoms with E-state index in [-0.39, 0.29) is 0 Å². The second-order valence-electron chi connectivity index (χ2n) is 4.45. The molecule has 1 aromatic heterocycles. The maximum Gasteiger partial charge on any atom is 0.0701 e. The van der Waals surface area contributed by atoms with Gasteiger partial charge in [0.05, 0.1) is 3.79 Å². The Hall–Kier alpha value is 0.140. The average Bonchev–Trinajstić information content (AvgIpc) is 2.65. The molecule has 1 aliphatic rings. The monoisotopic (exact) mass is 287 g/mol. The van der Waals surface area contributed by atoms with Crippen molar-refractivity contribution in [2.24, 2.45) is 17.6 Å². The molecule has 1 fully saturated rings. The summed E-state index contributed by atoms with van der Waals surface area (Å²) < 4.78 is 1.25. The fourth-order valence-electron chi connectivity index (χ4n) is 2.58. The average molecular weight is 288 g/mol. The molecule has 1 heterocycles. The van der Waals surface area contributed by atoms with Gasteiger partial charge in [-0.25, -0.2) is 0 Å². The lowest BCUT2D eigenvalue weighted by atomic mass is 9.77. The van der Waals surface area contributed by atoms with Crippen LogP contribution >= 0.6 is 27.3 Å². The molecule has 1 saturated carbocycles. The van der Waals surface area contributed by atoms with Gasteiger partial charge in [-0.2, -0.15) is 0 Å². The van der Waals surface area contributed by atoms with E-state index in [1.54, 1.807) is 0 Å². The van der Waals surface area contributed by atoms with Gasteiger partial charge in [0.2, 0.25) is 0 Å². The van der Waals surface area contributed by atoms with E-state index in [0.29, 0.717) is 0 Å². The van der Waals surface area contributed by atoms with Gasteiger partial charge in [0.25, 0.3) is 0 Å². The molecule has 2 unspecified atom stereocenters. The summed E-state index contributed by atoms with van der Waals surface area (Å²) >= 11 is 5.39. The van der Waals surface area contributed by atoms with Crippen molar-refractivity contribution in [3.05, 3.63) is 20.8 Å². The van der Waals surface area contributed by atoms with Gasteiger partial charge in [0.1, 0.15) is 0 Å². The number of hydrogen-bond donors (Lipinski definition) is 1. The van der Waals surface area contributed by atoms with Crippen LogP contribution in [0.1, 0.15) is 30.6 Å². The summed E-state index contributed by atoms with van der Waals surface area (Å²) in [6.07, 6.45) is 6.73. The molecule has 84 valence electrons. The van der Waals surface area contributed by atoms with Crippen molar-refractivity contribution in [2.75, 3.05) is 6.54 Å². The second-order valence-corrected chi connectivity index (χ2v) is 7.00. The van der Waals surface area contributed by atoms with Gasteiger partial charge in [0.15, 0.2) is 0 Å². The standard InChI is InChI=1S/C12H18BrNS/c13-12-6-5-11(15-12)7-9-3-1-2-4-10(9)8-14/h5-6,9-10H,1-4,7-8,14H2. The molecule has 1 aromatic rings. The maximum atomic E-state index is 5.85. The van der Waals surface area contributed by atoms with Gasteiger partial charge in [-0.3, -0.25) is 0 Å². The first kappa shape index (κ1) is 11.6. The molecule has 15 heavy (non-hydrogen) atoms. The largest absolute Gasteiger partial charge is 0.330 e. The van der Waals surface area contributed by atoms with Crippen LogP contribution in [0.25, 0.3) is 0 Å². The Kier molecular flexibility index (Phi) is 4.23. The minimum absolute atomic E-state index is 0.764. The van der Waals surface area contributed by atoms with E-state index in [0.717, 1.165) is 18.4 Å². The topological polar surface area (TPSA) is 26.0 Å². The number of thiophene rings is 1. The first-order valence-electron chi connectivity index (χ1n) is 5.74. The normalized spacial score (nSPS) is 26.8. The summed E-state index contributed by atoms with van der Waals surface area (Å²) in [7, 11) is 0. The number of nitrogens with two attached hydrogens (primary N) is 1. The molecule has 2 N–H and O–H groups in total. The van der Waals surface area contributed by atoms with Crippen molar-refractivity contribution in [1.82, 2.24) is 0 Å². The molecule has 0 aliphatic heterocycles. The lowest BCUT2D eigenvalue weighted by molar-refractivity contribution is 0.243. The van der Waals surface area contributed by atoms with E-state index >= 15 is 0 Å². The van der Waals surface area contributed by atoms with Crippen molar-refractivity contribution in [1.29, 1.82) is 0 Å². The third-order valence-electron chi connectivity index (χ3n) is 3.46. The second kappa shape index (κ2) is 5.46. The molecule has 3 heteroatoms. The van der Waals surface area contributed by atoms with Gasteiger partial charge in [-0.1, -0.05) is 12.8 Å². The lowest BCUT2D eigenvalue weighted by Crippen LogP contribution is -2.27. The zero-order chi connectivity index (χ0) is 10.7. The molecule has 0 amide bonds. The molecule has 0 bridgehead atoms. The van der Waals surface area contributed by atoms with Crippen molar-refractivity contribution in [2.45, 2.75) is 32.1 Å². The summed E-state index contributed by atoms with van der Waals surface area (Å²) in [5, 5.41) is 0. The van der Waals surface area contributed by atoms with Crippen LogP contribution in [-0.2, 0) is 6.42 Å². The fraction of sp³-hybridized carbons (Fsp3) is 0.667. The van der Waals surface area contributed by atoms with Crippen molar-refractivity contribution in [3.63, 3.8) is 0 Å². The third-order valence-corrected chi connectivity index (χ3v) is 5.11. The van der Waals surface area contributed by atoms with Crippen molar-refractivity contribution < 1.29 is 0 Å². The lowest BCUT2D eigenvalue weighted by Gasteiger charge is -2.30. The number of halogens is 1. The van der Waals surface area contributed by atoms with Crippen LogP contribution in [0.15, 0.2) is 15.9 Å². The summed E-state index contributed by atoms with van der Waals surface area (Å²) in [6, 6.07) is 4.40.